The van der Waals surface area contributed by atoms with Gasteiger partial charge in [0.1, 0.15) is 5.82 Å². The Morgan fingerprint density at radius 2 is 2.00 bits per heavy atom. The highest BCUT2D eigenvalue weighted by atomic mass is 19.1. The number of anilines is 1. The van der Waals surface area contributed by atoms with Crippen LogP contribution in [0.4, 0.5) is 10.1 Å². The van der Waals surface area contributed by atoms with Gasteiger partial charge in [-0.1, -0.05) is 13.8 Å². The number of hydrogen-bond acceptors (Lipinski definition) is 2. The van der Waals surface area contributed by atoms with Crippen molar-refractivity contribution in [1.29, 1.82) is 0 Å². The first kappa shape index (κ1) is 12.9. The maximum atomic E-state index is 13.1. The number of carbonyl (C=O) groups is 1. The van der Waals surface area contributed by atoms with Gasteiger partial charge in [-0.2, -0.15) is 0 Å². The molecule has 0 aromatic heterocycles. The number of halogens is 1. The zero-order valence-electron chi connectivity index (χ0n) is 10.7. The van der Waals surface area contributed by atoms with E-state index in [0.29, 0.717) is 11.1 Å². The molecule has 1 aromatic rings. The maximum Gasteiger partial charge on any atom is 0.337 e. The molecule has 1 saturated heterocycles. The Labute approximate surface area is 106 Å². The molecule has 1 aromatic carbocycles. The summed E-state index contributed by atoms with van der Waals surface area (Å²) < 4.78 is 13.1. The predicted octanol–water partition coefficient (Wildman–Crippen LogP) is 3.15. The highest BCUT2D eigenvalue weighted by molar-refractivity contribution is 5.94. The first-order valence-electron chi connectivity index (χ1n) is 6.29. The second kappa shape index (κ2) is 4.59. The lowest BCUT2D eigenvalue weighted by Crippen LogP contribution is -2.56. The van der Waals surface area contributed by atoms with Crippen LogP contribution in [0.1, 0.15) is 37.0 Å². The van der Waals surface area contributed by atoms with Gasteiger partial charge in [0.05, 0.1) is 11.3 Å². The van der Waals surface area contributed by atoms with Crippen molar-refractivity contribution in [2.24, 2.45) is 5.41 Å². The number of carboxylic acid groups (broad SMARTS) is 1. The van der Waals surface area contributed by atoms with E-state index in [-0.39, 0.29) is 5.56 Å². The molecule has 0 atom stereocenters. The Hall–Kier alpha value is -1.58. The molecule has 18 heavy (non-hydrogen) atoms. The molecule has 1 N–H and O–H groups in total. The minimum Gasteiger partial charge on any atom is -0.478 e. The zero-order valence-corrected chi connectivity index (χ0v) is 10.7. The molecular weight excluding hydrogens is 233 g/mol. The summed E-state index contributed by atoms with van der Waals surface area (Å²) >= 11 is 0. The van der Waals surface area contributed by atoms with Crippen molar-refractivity contribution in [2.45, 2.75) is 26.7 Å². The van der Waals surface area contributed by atoms with E-state index in [2.05, 4.69) is 13.8 Å². The molecule has 3 nitrogen and oxygen atoms in total. The molecule has 98 valence electrons. The van der Waals surface area contributed by atoms with Gasteiger partial charge in [0, 0.05) is 18.5 Å². The second-order valence-electron chi connectivity index (χ2n) is 5.03. The fourth-order valence-corrected chi connectivity index (χ4v) is 2.59. The fourth-order valence-electron chi connectivity index (χ4n) is 2.59. The standard InChI is InChI=1S/C14H18FNO2/c1-3-14(4-2)8-16(9-14)12-6-5-10(15)7-11(12)13(17)18/h5-7H,3-4,8-9H2,1-2H3,(H,17,18). The van der Waals surface area contributed by atoms with Crippen LogP contribution in [0.3, 0.4) is 0 Å². The molecule has 0 spiro atoms. The van der Waals surface area contributed by atoms with E-state index >= 15 is 0 Å². The Morgan fingerprint density at radius 1 is 1.39 bits per heavy atom. The van der Waals surface area contributed by atoms with Gasteiger partial charge in [0.25, 0.3) is 0 Å². The van der Waals surface area contributed by atoms with Gasteiger partial charge >= 0.3 is 5.97 Å². The molecule has 1 aliphatic heterocycles. The van der Waals surface area contributed by atoms with E-state index in [1.807, 2.05) is 4.90 Å². The molecule has 4 heteroatoms. The summed E-state index contributed by atoms with van der Waals surface area (Å²) in [6.07, 6.45) is 2.17. The van der Waals surface area contributed by atoms with E-state index in [1.54, 1.807) is 6.07 Å². The Bertz CT molecular complexity index is 461. The number of aromatic carboxylic acids is 1. The molecule has 1 fully saturated rings. The number of hydrogen-bond donors (Lipinski definition) is 1. The molecule has 0 unspecified atom stereocenters. The van der Waals surface area contributed by atoms with Gasteiger partial charge in [-0.15, -0.1) is 0 Å². The lowest BCUT2D eigenvalue weighted by molar-refractivity contribution is 0.0695. The summed E-state index contributed by atoms with van der Waals surface area (Å²) in [6.45, 7) is 6.02. The first-order chi connectivity index (χ1) is 8.51. The van der Waals surface area contributed by atoms with Crippen molar-refractivity contribution in [3.05, 3.63) is 29.6 Å². The summed E-state index contributed by atoms with van der Waals surface area (Å²) in [6, 6.07) is 3.98. The average Bonchev–Trinajstić information content (AvgIpc) is 2.30. The second-order valence-corrected chi connectivity index (χ2v) is 5.03. The minimum atomic E-state index is -1.07. The van der Waals surface area contributed by atoms with E-state index < -0.39 is 11.8 Å². The first-order valence-corrected chi connectivity index (χ1v) is 6.29. The van der Waals surface area contributed by atoms with Crippen LogP contribution >= 0.6 is 0 Å². The third kappa shape index (κ3) is 2.07. The molecule has 0 amide bonds. The molecule has 0 bridgehead atoms. The molecular formula is C14H18FNO2. The summed E-state index contributed by atoms with van der Waals surface area (Å²) in [7, 11) is 0. The Morgan fingerprint density at radius 3 is 2.50 bits per heavy atom. The number of nitrogens with zero attached hydrogens (tertiary/aromatic N) is 1. The van der Waals surface area contributed by atoms with Gasteiger partial charge in [-0.25, -0.2) is 9.18 Å². The van der Waals surface area contributed by atoms with E-state index in [4.69, 9.17) is 5.11 Å². The van der Waals surface area contributed by atoms with Gasteiger partial charge in [-0.05, 0) is 31.0 Å². The topological polar surface area (TPSA) is 40.5 Å². The van der Waals surface area contributed by atoms with Gasteiger partial charge < -0.3 is 10.0 Å². The maximum absolute atomic E-state index is 13.1. The highest BCUT2D eigenvalue weighted by Crippen LogP contribution is 2.40. The Kier molecular flexibility index (Phi) is 3.28. The van der Waals surface area contributed by atoms with Gasteiger partial charge in [0.15, 0.2) is 0 Å². The highest BCUT2D eigenvalue weighted by Gasteiger charge is 2.40. The number of carboxylic acids is 1. The van der Waals surface area contributed by atoms with Crippen molar-refractivity contribution in [3.63, 3.8) is 0 Å². The monoisotopic (exact) mass is 251 g/mol. The van der Waals surface area contributed by atoms with Gasteiger partial charge in [0.2, 0.25) is 0 Å². The molecule has 0 aliphatic carbocycles. The minimum absolute atomic E-state index is 0.0517. The largest absolute Gasteiger partial charge is 0.478 e. The van der Waals surface area contributed by atoms with Crippen molar-refractivity contribution in [3.8, 4) is 0 Å². The van der Waals surface area contributed by atoms with Crippen LogP contribution in [-0.4, -0.2) is 24.2 Å². The summed E-state index contributed by atoms with van der Waals surface area (Å²) in [5, 5.41) is 9.11. The Balaban J connectivity index is 2.24. The molecule has 2 rings (SSSR count). The normalized spacial score (nSPS) is 17.4. The van der Waals surface area contributed by atoms with Crippen molar-refractivity contribution in [1.82, 2.24) is 0 Å². The van der Waals surface area contributed by atoms with Crippen LogP contribution in [0, 0.1) is 11.2 Å². The number of rotatable bonds is 4. The van der Waals surface area contributed by atoms with Crippen LogP contribution in [0.5, 0.6) is 0 Å². The third-order valence-electron chi connectivity index (χ3n) is 4.08. The van der Waals surface area contributed by atoms with Crippen molar-refractivity contribution >= 4 is 11.7 Å². The summed E-state index contributed by atoms with van der Waals surface area (Å²) in [5.41, 5.74) is 0.974. The van der Waals surface area contributed by atoms with Crippen LogP contribution in [0.2, 0.25) is 0 Å². The van der Waals surface area contributed by atoms with Crippen LogP contribution in [0.25, 0.3) is 0 Å². The van der Waals surface area contributed by atoms with Crippen molar-refractivity contribution in [2.75, 3.05) is 18.0 Å². The molecule has 1 heterocycles. The zero-order chi connectivity index (χ0) is 13.3. The summed E-state index contributed by atoms with van der Waals surface area (Å²) in [4.78, 5) is 13.1. The van der Waals surface area contributed by atoms with Crippen molar-refractivity contribution < 1.29 is 14.3 Å². The lowest BCUT2D eigenvalue weighted by atomic mass is 9.75. The number of benzene rings is 1. The van der Waals surface area contributed by atoms with E-state index in [1.165, 1.54) is 6.07 Å². The molecule has 0 saturated carbocycles. The average molecular weight is 251 g/mol. The molecule has 1 aliphatic rings. The third-order valence-corrected chi connectivity index (χ3v) is 4.08. The van der Waals surface area contributed by atoms with E-state index in [9.17, 15) is 9.18 Å². The lowest BCUT2D eigenvalue weighted by Gasteiger charge is -2.51. The fraction of sp³-hybridized carbons (Fsp3) is 0.500. The van der Waals surface area contributed by atoms with Crippen LogP contribution in [0.15, 0.2) is 18.2 Å². The SMILES string of the molecule is CCC1(CC)CN(c2ccc(F)cc2C(=O)O)C1. The molecule has 0 radical (unpaired) electrons. The van der Waals surface area contributed by atoms with E-state index in [0.717, 1.165) is 32.0 Å². The van der Waals surface area contributed by atoms with Crippen LogP contribution in [-0.2, 0) is 0 Å². The van der Waals surface area contributed by atoms with Crippen LogP contribution < -0.4 is 4.90 Å². The summed E-state index contributed by atoms with van der Waals surface area (Å²) in [5.74, 6) is -1.58. The predicted molar refractivity (Wildman–Crippen MR) is 68.6 cm³/mol. The quantitative estimate of drug-likeness (QED) is 0.893. The smallest absolute Gasteiger partial charge is 0.337 e. The van der Waals surface area contributed by atoms with Gasteiger partial charge in [-0.3, -0.25) is 0 Å².